The van der Waals surface area contributed by atoms with E-state index in [-0.39, 0.29) is 22.7 Å². The molecule has 3 atom stereocenters. The van der Waals surface area contributed by atoms with Crippen LogP contribution in [0.15, 0.2) is 0 Å². The van der Waals surface area contributed by atoms with Gasteiger partial charge in [-0.3, -0.25) is 4.79 Å². The fourth-order valence-electron chi connectivity index (χ4n) is 2.78. The van der Waals surface area contributed by atoms with Gasteiger partial charge in [0, 0.05) is 6.04 Å². The van der Waals surface area contributed by atoms with Crippen LogP contribution >= 0.6 is 0 Å². The molecule has 1 aliphatic heterocycles. The summed E-state index contributed by atoms with van der Waals surface area (Å²) in [5.74, 6) is 0.849. The maximum absolute atomic E-state index is 11.5. The molecule has 94 valence electrons. The van der Waals surface area contributed by atoms with Crippen molar-refractivity contribution in [3.63, 3.8) is 0 Å². The highest BCUT2D eigenvalue weighted by molar-refractivity contribution is 5.81. The highest BCUT2D eigenvalue weighted by atomic mass is 16.1. The molecule has 1 saturated heterocycles. The first kappa shape index (κ1) is 13.7. The van der Waals surface area contributed by atoms with Crippen LogP contribution in [0.3, 0.4) is 0 Å². The second kappa shape index (κ2) is 4.14. The maximum atomic E-state index is 11.5. The normalized spacial score (nSPS) is 31.8. The van der Waals surface area contributed by atoms with E-state index in [2.05, 4.69) is 46.9 Å². The molecule has 1 aliphatic rings. The van der Waals surface area contributed by atoms with Crippen LogP contribution in [0.25, 0.3) is 0 Å². The van der Waals surface area contributed by atoms with Crippen molar-refractivity contribution in [1.82, 2.24) is 5.32 Å². The smallest absolute Gasteiger partial charge is 0.146 e. The molecule has 0 aromatic heterocycles. The molecule has 16 heavy (non-hydrogen) atoms. The lowest BCUT2D eigenvalue weighted by molar-refractivity contribution is -0.118. The minimum absolute atomic E-state index is 0.0634. The van der Waals surface area contributed by atoms with Crippen molar-refractivity contribution in [3.05, 3.63) is 0 Å². The molecular formula is C14H27NO. The van der Waals surface area contributed by atoms with Crippen LogP contribution in [0.1, 0.15) is 54.9 Å². The minimum Gasteiger partial charge on any atom is -0.304 e. The Bertz CT molecular complexity index is 247. The van der Waals surface area contributed by atoms with E-state index in [1.165, 1.54) is 0 Å². The summed E-state index contributed by atoms with van der Waals surface area (Å²) < 4.78 is 0. The van der Waals surface area contributed by atoms with Crippen LogP contribution in [0.4, 0.5) is 0 Å². The summed E-state index contributed by atoms with van der Waals surface area (Å²) in [5, 5.41) is 3.54. The number of carbonyl (C=O) groups is 1. The van der Waals surface area contributed by atoms with E-state index in [1.54, 1.807) is 6.92 Å². The summed E-state index contributed by atoms with van der Waals surface area (Å²) in [4.78, 5) is 11.5. The highest BCUT2D eigenvalue weighted by Gasteiger charge is 2.46. The van der Waals surface area contributed by atoms with Crippen molar-refractivity contribution >= 4 is 5.78 Å². The molecule has 0 saturated carbocycles. The maximum Gasteiger partial charge on any atom is 0.146 e. The van der Waals surface area contributed by atoms with Gasteiger partial charge in [-0.15, -0.1) is 0 Å². The summed E-state index contributed by atoms with van der Waals surface area (Å²) in [5.41, 5.74) is 0.470. The lowest BCUT2D eigenvalue weighted by Gasteiger charge is -2.39. The molecule has 0 aromatic carbocycles. The zero-order valence-electron chi connectivity index (χ0n) is 11.8. The summed E-state index contributed by atoms with van der Waals surface area (Å²) >= 11 is 0. The van der Waals surface area contributed by atoms with Gasteiger partial charge in [0.1, 0.15) is 5.78 Å². The lowest BCUT2D eigenvalue weighted by Crippen LogP contribution is -2.45. The molecule has 0 aromatic rings. The van der Waals surface area contributed by atoms with Gasteiger partial charge in [0.15, 0.2) is 0 Å². The zero-order chi connectivity index (χ0) is 12.7. The van der Waals surface area contributed by atoms with Crippen molar-refractivity contribution in [2.75, 3.05) is 0 Å². The summed E-state index contributed by atoms with van der Waals surface area (Å²) in [6.45, 7) is 15.3. The van der Waals surface area contributed by atoms with Crippen molar-refractivity contribution in [2.24, 2.45) is 16.7 Å². The van der Waals surface area contributed by atoms with E-state index in [4.69, 9.17) is 0 Å². The first-order valence-electron chi connectivity index (χ1n) is 6.30. The van der Waals surface area contributed by atoms with Gasteiger partial charge >= 0.3 is 0 Å². The molecule has 1 fully saturated rings. The van der Waals surface area contributed by atoms with Gasteiger partial charge in [-0.25, -0.2) is 0 Å². The topological polar surface area (TPSA) is 29.1 Å². The quantitative estimate of drug-likeness (QED) is 0.743. The Morgan fingerprint density at radius 1 is 1.06 bits per heavy atom. The van der Waals surface area contributed by atoms with Crippen LogP contribution in [0.2, 0.25) is 0 Å². The SMILES string of the molecule is CC(=O)C1CC(C(C)(C)C)C(C(C)(C)C)N1. The molecule has 1 rings (SSSR count). The number of hydrogen-bond acceptors (Lipinski definition) is 2. The average molecular weight is 225 g/mol. The lowest BCUT2D eigenvalue weighted by atomic mass is 9.69. The molecule has 1 heterocycles. The molecule has 0 aliphatic carbocycles. The van der Waals surface area contributed by atoms with Crippen LogP contribution in [-0.2, 0) is 4.79 Å². The Morgan fingerprint density at radius 2 is 1.56 bits per heavy atom. The summed E-state index contributed by atoms with van der Waals surface area (Å²) in [7, 11) is 0. The molecule has 0 amide bonds. The predicted octanol–water partition coefficient (Wildman–Crippen LogP) is 3.01. The van der Waals surface area contributed by atoms with Crippen molar-refractivity contribution in [1.29, 1.82) is 0 Å². The van der Waals surface area contributed by atoms with Crippen LogP contribution in [0.5, 0.6) is 0 Å². The second-order valence-electron chi connectivity index (χ2n) is 7.38. The Balaban J connectivity index is 2.93. The van der Waals surface area contributed by atoms with Gasteiger partial charge in [0.25, 0.3) is 0 Å². The first-order valence-corrected chi connectivity index (χ1v) is 6.30. The Labute approximate surface area is 100 Å². The third kappa shape index (κ3) is 2.85. The molecule has 2 heteroatoms. The predicted molar refractivity (Wildman–Crippen MR) is 68.4 cm³/mol. The average Bonchev–Trinajstić information content (AvgIpc) is 2.44. The number of hydrogen-bond donors (Lipinski definition) is 1. The molecule has 0 spiro atoms. The van der Waals surface area contributed by atoms with Gasteiger partial charge in [-0.1, -0.05) is 41.5 Å². The molecular weight excluding hydrogens is 198 g/mol. The van der Waals surface area contributed by atoms with E-state index >= 15 is 0 Å². The third-order valence-electron chi connectivity index (χ3n) is 3.81. The van der Waals surface area contributed by atoms with Crippen LogP contribution < -0.4 is 5.32 Å². The van der Waals surface area contributed by atoms with E-state index in [9.17, 15) is 4.79 Å². The first-order chi connectivity index (χ1) is 7.03. The van der Waals surface area contributed by atoms with Gasteiger partial charge < -0.3 is 5.32 Å². The Kier molecular flexibility index (Phi) is 3.54. The molecule has 0 bridgehead atoms. The van der Waals surface area contributed by atoms with Crippen LogP contribution in [-0.4, -0.2) is 17.9 Å². The van der Waals surface area contributed by atoms with Gasteiger partial charge in [-0.05, 0) is 30.1 Å². The zero-order valence-corrected chi connectivity index (χ0v) is 11.8. The standard InChI is InChI=1S/C14H27NO/c1-9(16)11-8-10(13(2,3)4)12(15-11)14(5,6)7/h10-12,15H,8H2,1-7H3. The number of ketones is 1. The molecule has 2 nitrogen and oxygen atoms in total. The van der Waals surface area contributed by atoms with Gasteiger partial charge in [0.05, 0.1) is 6.04 Å². The Hall–Kier alpha value is -0.370. The van der Waals surface area contributed by atoms with Crippen LogP contribution in [0, 0.1) is 16.7 Å². The number of rotatable bonds is 1. The number of carbonyl (C=O) groups excluding carboxylic acids is 1. The molecule has 3 unspecified atom stereocenters. The van der Waals surface area contributed by atoms with E-state index in [1.807, 2.05) is 0 Å². The number of Topliss-reactive ketones (excluding diaryl/α,β-unsaturated/α-hetero) is 1. The monoisotopic (exact) mass is 225 g/mol. The second-order valence-corrected chi connectivity index (χ2v) is 7.38. The largest absolute Gasteiger partial charge is 0.304 e. The van der Waals surface area contributed by atoms with Gasteiger partial charge in [-0.2, -0.15) is 0 Å². The minimum atomic E-state index is 0.0634. The Morgan fingerprint density at radius 3 is 1.81 bits per heavy atom. The van der Waals surface area contributed by atoms with E-state index in [0.717, 1.165) is 6.42 Å². The van der Waals surface area contributed by atoms with E-state index in [0.29, 0.717) is 12.0 Å². The molecule has 1 N–H and O–H groups in total. The fourth-order valence-corrected chi connectivity index (χ4v) is 2.78. The van der Waals surface area contributed by atoms with Gasteiger partial charge in [0.2, 0.25) is 0 Å². The van der Waals surface area contributed by atoms with Crippen molar-refractivity contribution in [2.45, 2.75) is 67.0 Å². The fraction of sp³-hybridized carbons (Fsp3) is 0.929. The summed E-state index contributed by atoms with van der Waals surface area (Å²) in [6, 6.07) is 0.495. The van der Waals surface area contributed by atoms with Crippen molar-refractivity contribution < 1.29 is 4.79 Å². The summed E-state index contributed by atoms with van der Waals surface area (Å²) in [6.07, 6.45) is 0.987. The van der Waals surface area contributed by atoms with E-state index < -0.39 is 0 Å². The van der Waals surface area contributed by atoms with Crippen molar-refractivity contribution in [3.8, 4) is 0 Å². The third-order valence-corrected chi connectivity index (χ3v) is 3.81. The molecule has 0 radical (unpaired) electrons. The highest BCUT2D eigenvalue weighted by Crippen LogP contribution is 2.43. The number of nitrogens with one attached hydrogen (secondary N) is 1.